The number of amides is 1. The standard InChI is InChI=1S/C13H19BrN4O2/c1-13(20)3-2-5-18(6-4-13)12(19)10-7-9(14)8-16-11(10)17-15/h7-8,20H,2-6,15H2,1H3,(H,16,17). The van der Waals surface area contributed by atoms with Gasteiger partial charge in [0.1, 0.15) is 0 Å². The number of likely N-dealkylation sites (tertiary alicyclic amines) is 1. The number of anilines is 1. The zero-order valence-corrected chi connectivity index (χ0v) is 13.0. The Labute approximate surface area is 126 Å². The van der Waals surface area contributed by atoms with Gasteiger partial charge in [0.05, 0.1) is 11.2 Å². The molecule has 0 aliphatic carbocycles. The van der Waals surface area contributed by atoms with Crippen LogP contribution in [-0.2, 0) is 0 Å². The van der Waals surface area contributed by atoms with E-state index in [4.69, 9.17) is 5.84 Å². The molecule has 7 heteroatoms. The van der Waals surface area contributed by atoms with Crippen molar-refractivity contribution in [2.45, 2.75) is 31.8 Å². The van der Waals surface area contributed by atoms with Crippen molar-refractivity contribution in [1.29, 1.82) is 0 Å². The lowest BCUT2D eigenvalue weighted by Gasteiger charge is -2.23. The molecule has 1 fully saturated rings. The summed E-state index contributed by atoms with van der Waals surface area (Å²) in [5.74, 6) is 5.64. The molecule has 110 valence electrons. The Kier molecular flexibility index (Phi) is 4.62. The third kappa shape index (κ3) is 3.47. The van der Waals surface area contributed by atoms with Gasteiger partial charge in [0, 0.05) is 23.8 Å². The maximum Gasteiger partial charge on any atom is 0.257 e. The third-order valence-electron chi connectivity index (χ3n) is 3.57. The highest BCUT2D eigenvalue weighted by Gasteiger charge is 2.28. The Morgan fingerprint density at radius 3 is 3.00 bits per heavy atom. The molecular formula is C13H19BrN4O2. The first-order valence-electron chi connectivity index (χ1n) is 6.57. The number of rotatable bonds is 2. The van der Waals surface area contributed by atoms with Crippen LogP contribution in [0, 0.1) is 0 Å². The molecule has 1 aromatic rings. The van der Waals surface area contributed by atoms with E-state index in [1.165, 1.54) is 0 Å². The van der Waals surface area contributed by atoms with Crippen molar-refractivity contribution < 1.29 is 9.90 Å². The fourth-order valence-corrected chi connectivity index (χ4v) is 2.69. The Hall–Kier alpha value is -1.18. The summed E-state index contributed by atoms with van der Waals surface area (Å²) in [7, 11) is 0. The quantitative estimate of drug-likeness (QED) is 0.559. The summed E-state index contributed by atoms with van der Waals surface area (Å²) in [5, 5.41) is 10.1. The molecule has 6 nitrogen and oxygen atoms in total. The van der Waals surface area contributed by atoms with Gasteiger partial charge in [-0.3, -0.25) is 4.79 Å². The molecule has 0 bridgehead atoms. The number of carbonyl (C=O) groups excluding carboxylic acids is 1. The predicted octanol–water partition coefficient (Wildman–Crippen LogP) is 1.51. The molecule has 20 heavy (non-hydrogen) atoms. The summed E-state index contributed by atoms with van der Waals surface area (Å²) in [4.78, 5) is 18.4. The molecule has 2 rings (SSSR count). The monoisotopic (exact) mass is 342 g/mol. The van der Waals surface area contributed by atoms with Crippen LogP contribution in [0.1, 0.15) is 36.5 Å². The maximum atomic E-state index is 12.6. The Morgan fingerprint density at radius 1 is 1.55 bits per heavy atom. The second-order valence-electron chi connectivity index (χ2n) is 5.34. The Balaban J connectivity index is 2.21. The molecule has 1 atom stereocenters. The van der Waals surface area contributed by atoms with Crippen LogP contribution in [0.4, 0.5) is 5.82 Å². The molecule has 1 aliphatic heterocycles. The smallest absolute Gasteiger partial charge is 0.257 e. The first-order chi connectivity index (χ1) is 9.43. The second-order valence-corrected chi connectivity index (χ2v) is 6.25. The van der Waals surface area contributed by atoms with Crippen LogP contribution in [0.5, 0.6) is 0 Å². The maximum absolute atomic E-state index is 12.6. The van der Waals surface area contributed by atoms with Gasteiger partial charge in [-0.15, -0.1) is 0 Å². The third-order valence-corrected chi connectivity index (χ3v) is 4.01. The van der Waals surface area contributed by atoms with Gasteiger partial charge in [-0.1, -0.05) is 0 Å². The van der Waals surface area contributed by atoms with Crippen molar-refractivity contribution in [3.05, 3.63) is 22.3 Å². The van der Waals surface area contributed by atoms with Crippen LogP contribution >= 0.6 is 15.9 Å². The fourth-order valence-electron chi connectivity index (χ4n) is 2.35. The number of nitrogens with two attached hydrogens (primary N) is 1. The molecule has 0 spiro atoms. The van der Waals surface area contributed by atoms with Crippen molar-refractivity contribution in [2.75, 3.05) is 18.5 Å². The number of nitrogen functional groups attached to an aromatic ring is 1. The summed E-state index contributed by atoms with van der Waals surface area (Å²) in [6.45, 7) is 2.97. The van der Waals surface area contributed by atoms with E-state index in [9.17, 15) is 9.90 Å². The van der Waals surface area contributed by atoms with Crippen LogP contribution in [0.3, 0.4) is 0 Å². The normalized spacial score (nSPS) is 23.3. The minimum atomic E-state index is -0.695. The number of hydrazine groups is 1. The minimum absolute atomic E-state index is 0.121. The molecule has 2 heterocycles. The SMILES string of the molecule is CC1(O)CCCN(C(=O)c2cc(Br)cnc2NN)CC1. The second kappa shape index (κ2) is 6.07. The average molecular weight is 343 g/mol. The number of aliphatic hydroxyl groups is 1. The molecule has 1 aliphatic rings. The van der Waals surface area contributed by atoms with Crippen molar-refractivity contribution >= 4 is 27.7 Å². The highest BCUT2D eigenvalue weighted by atomic mass is 79.9. The number of hydrogen-bond donors (Lipinski definition) is 3. The lowest BCUT2D eigenvalue weighted by molar-refractivity contribution is 0.0438. The van der Waals surface area contributed by atoms with E-state index < -0.39 is 5.60 Å². The van der Waals surface area contributed by atoms with Crippen LogP contribution in [0.25, 0.3) is 0 Å². The van der Waals surface area contributed by atoms with E-state index in [1.807, 2.05) is 6.92 Å². The van der Waals surface area contributed by atoms with E-state index in [0.29, 0.717) is 37.3 Å². The molecule has 1 aromatic heterocycles. The molecule has 1 saturated heterocycles. The summed E-state index contributed by atoms with van der Waals surface area (Å²) >= 11 is 3.31. The van der Waals surface area contributed by atoms with E-state index in [2.05, 4.69) is 26.3 Å². The van der Waals surface area contributed by atoms with E-state index in [0.717, 1.165) is 10.9 Å². The van der Waals surface area contributed by atoms with Crippen molar-refractivity contribution in [2.24, 2.45) is 5.84 Å². The topological polar surface area (TPSA) is 91.5 Å². The van der Waals surface area contributed by atoms with Gasteiger partial charge in [-0.05, 0) is 48.2 Å². The first kappa shape index (κ1) is 15.2. The molecule has 1 unspecified atom stereocenters. The molecule has 0 saturated carbocycles. The summed E-state index contributed by atoms with van der Waals surface area (Å²) in [5.41, 5.74) is 2.18. The van der Waals surface area contributed by atoms with Crippen molar-refractivity contribution in [3.63, 3.8) is 0 Å². The summed E-state index contributed by atoms with van der Waals surface area (Å²) < 4.78 is 0.724. The lowest BCUT2D eigenvalue weighted by Crippen LogP contribution is -2.34. The Bertz CT molecular complexity index is 507. The van der Waals surface area contributed by atoms with E-state index in [-0.39, 0.29) is 5.91 Å². The molecule has 0 radical (unpaired) electrons. The number of halogens is 1. The fraction of sp³-hybridized carbons (Fsp3) is 0.538. The van der Waals surface area contributed by atoms with Gasteiger partial charge in [0.2, 0.25) is 0 Å². The highest BCUT2D eigenvalue weighted by Crippen LogP contribution is 2.24. The molecular weight excluding hydrogens is 324 g/mol. The van der Waals surface area contributed by atoms with Crippen LogP contribution in [0.2, 0.25) is 0 Å². The van der Waals surface area contributed by atoms with Crippen LogP contribution < -0.4 is 11.3 Å². The number of nitrogens with one attached hydrogen (secondary N) is 1. The van der Waals surface area contributed by atoms with E-state index in [1.54, 1.807) is 17.2 Å². The number of pyridine rings is 1. The minimum Gasteiger partial charge on any atom is -0.390 e. The number of nitrogens with zero attached hydrogens (tertiary/aromatic N) is 2. The molecule has 1 amide bonds. The number of aromatic nitrogens is 1. The zero-order chi connectivity index (χ0) is 14.8. The predicted molar refractivity (Wildman–Crippen MR) is 80.1 cm³/mol. The summed E-state index contributed by atoms with van der Waals surface area (Å²) in [6, 6.07) is 1.70. The Morgan fingerprint density at radius 2 is 2.30 bits per heavy atom. The van der Waals surface area contributed by atoms with Crippen LogP contribution in [-0.4, -0.2) is 39.6 Å². The molecule has 0 aromatic carbocycles. The zero-order valence-electron chi connectivity index (χ0n) is 11.4. The van der Waals surface area contributed by atoms with Gasteiger partial charge in [0.15, 0.2) is 5.82 Å². The lowest BCUT2D eigenvalue weighted by atomic mass is 9.98. The van der Waals surface area contributed by atoms with Crippen molar-refractivity contribution in [3.8, 4) is 0 Å². The van der Waals surface area contributed by atoms with Gasteiger partial charge < -0.3 is 15.4 Å². The average Bonchev–Trinajstić information content (AvgIpc) is 2.59. The van der Waals surface area contributed by atoms with Crippen molar-refractivity contribution in [1.82, 2.24) is 9.88 Å². The number of carbonyl (C=O) groups is 1. The van der Waals surface area contributed by atoms with Crippen LogP contribution in [0.15, 0.2) is 16.7 Å². The van der Waals surface area contributed by atoms with Gasteiger partial charge in [-0.25, -0.2) is 10.8 Å². The van der Waals surface area contributed by atoms with Gasteiger partial charge in [0.25, 0.3) is 5.91 Å². The number of hydrogen-bond acceptors (Lipinski definition) is 5. The summed E-state index contributed by atoms with van der Waals surface area (Å²) in [6.07, 6.45) is 3.64. The van der Waals surface area contributed by atoms with Gasteiger partial charge in [-0.2, -0.15) is 0 Å². The van der Waals surface area contributed by atoms with Gasteiger partial charge >= 0.3 is 0 Å². The highest BCUT2D eigenvalue weighted by molar-refractivity contribution is 9.10. The van der Waals surface area contributed by atoms with E-state index >= 15 is 0 Å². The first-order valence-corrected chi connectivity index (χ1v) is 7.36. The largest absolute Gasteiger partial charge is 0.390 e. The molecule has 4 N–H and O–H groups in total.